The number of nitrogens with two attached hydrogens (primary N) is 1. The van der Waals surface area contributed by atoms with Crippen LogP contribution in [0, 0.1) is 11.2 Å². The number of aromatic nitrogens is 1. The van der Waals surface area contributed by atoms with Gasteiger partial charge in [0, 0.05) is 22.7 Å². The molecule has 0 saturated carbocycles. The van der Waals surface area contributed by atoms with Gasteiger partial charge in [-0.15, -0.1) is 0 Å². The summed E-state index contributed by atoms with van der Waals surface area (Å²) >= 11 is -2.20. The van der Waals surface area contributed by atoms with Crippen molar-refractivity contribution >= 4 is 16.9 Å². The molecule has 152 valence electrons. The summed E-state index contributed by atoms with van der Waals surface area (Å²) in [4.78, 5) is 8.60. The van der Waals surface area contributed by atoms with Crippen LogP contribution in [0.5, 0.6) is 5.75 Å². The maximum atomic E-state index is 14.8. The quantitative estimate of drug-likeness (QED) is 0.432. The smallest absolute Gasteiger partial charge is 0.155 e. The molecule has 0 aliphatic heterocycles. The second-order valence-corrected chi connectivity index (χ2v) is 8.73. The third-order valence-corrected chi connectivity index (χ3v) is 5.18. The molecule has 0 amide bonds. The van der Waals surface area contributed by atoms with Gasteiger partial charge in [-0.2, -0.15) is 0 Å². The van der Waals surface area contributed by atoms with E-state index in [1.165, 1.54) is 13.2 Å². The van der Waals surface area contributed by atoms with Crippen LogP contribution in [0.1, 0.15) is 33.3 Å². The first-order valence-electron chi connectivity index (χ1n) is 8.69. The van der Waals surface area contributed by atoms with Crippen LogP contribution in [-0.2, 0) is 16.6 Å². The fourth-order valence-electron chi connectivity index (χ4n) is 2.65. The van der Waals surface area contributed by atoms with Crippen molar-refractivity contribution in [3.63, 3.8) is 0 Å². The van der Waals surface area contributed by atoms with Crippen molar-refractivity contribution in [3.05, 3.63) is 48.0 Å². The summed E-state index contributed by atoms with van der Waals surface area (Å²) in [7, 11) is 1.54. The number of hydrogen-bond donors (Lipinski definition) is 2. The minimum Gasteiger partial charge on any atom is -0.495 e. The fourth-order valence-corrected chi connectivity index (χ4v) is 3.35. The van der Waals surface area contributed by atoms with Crippen LogP contribution in [0.15, 0.2) is 41.7 Å². The Morgan fingerprint density at radius 2 is 1.93 bits per heavy atom. The van der Waals surface area contributed by atoms with Crippen LogP contribution in [0.4, 0.5) is 4.39 Å². The molecule has 6 nitrogen and oxygen atoms in total. The Kier molecular flexibility index (Phi) is 6.56. The van der Waals surface area contributed by atoms with E-state index in [9.17, 15) is 13.2 Å². The number of amidine groups is 1. The summed E-state index contributed by atoms with van der Waals surface area (Å²) in [5.74, 6) is 0.0180. The van der Waals surface area contributed by atoms with Gasteiger partial charge in [-0.05, 0) is 30.7 Å². The molecule has 1 heterocycles. The van der Waals surface area contributed by atoms with E-state index in [0.717, 1.165) is 5.56 Å². The van der Waals surface area contributed by atoms with Crippen molar-refractivity contribution in [2.45, 2.75) is 33.2 Å². The normalized spacial score (nSPS) is 15.8. The van der Waals surface area contributed by atoms with E-state index in [1.807, 2.05) is 20.8 Å². The Hall–Kier alpha value is -2.32. The molecule has 2 atom stereocenters. The molecule has 3 N–H and O–H groups in total. The minimum absolute atomic E-state index is 0.183. The van der Waals surface area contributed by atoms with E-state index in [1.54, 1.807) is 37.5 Å². The first-order chi connectivity index (χ1) is 13.0. The van der Waals surface area contributed by atoms with E-state index in [4.69, 9.17) is 10.5 Å². The average molecular weight is 408 g/mol. The standard InChI is InChI=1S/C20H26FN3O3S/c1-19(2,3)18(22)24-20(4,12-28(25)26)16-9-13(6-7-17(16)21)14-8-15(27-5)11-23-10-14/h6-11H,12H2,1-5H3,(H2,22,24)(H,25,26)/t20-/m0/s1. The van der Waals surface area contributed by atoms with Gasteiger partial charge >= 0.3 is 0 Å². The lowest BCUT2D eigenvalue weighted by molar-refractivity contribution is 0.413. The fraction of sp³-hybridized carbons (Fsp3) is 0.400. The first kappa shape index (κ1) is 22.0. The van der Waals surface area contributed by atoms with Crippen LogP contribution >= 0.6 is 0 Å². The highest BCUT2D eigenvalue weighted by Gasteiger charge is 2.33. The van der Waals surface area contributed by atoms with Gasteiger partial charge in [0.05, 0.1) is 19.1 Å². The van der Waals surface area contributed by atoms with Gasteiger partial charge in [-0.25, -0.2) is 8.60 Å². The Labute approximate surface area is 167 Å². The summed E-state index contributed by atoms with van der Waals surface area (Å²) < 4.78 is 41.1. The van der Waals surface area contributed by atoms with Gasteiger partial charge in [-0.1, -0.05) is 26.8 Å². The Balaban J connectivity index is 2.64. The molecular weight excluding hydrogens is 381 g/mol. The summed E-state index contributed by atoms with van der Waals surface area (Å²) in [6.07, 6.45) is 3.20. The van der Waals surface area contributed by atoms with Crippen LogP contribution in [0.3, 0.4) is 0 Å². The van der Waals surface area contributed by atoms with Crippen molar-refractivity contribution in [1.29, 1.82) is 0 Å². The van der Waals surface area contributed by atoms with Crippen molar-refractivity contribution in [2.24, 2.45) is 16.1 Å². The van der Waals surface area contributed by atoms with Crippen molar-refractivity contribution in [2.75, 3.05) is 12.9 Å². The number of methoxy groups -OCH3 is 1. The minimum atomic E-state index is -2.20. The van der Waals surface area contributed by atoms with Gasteiger partial charge in [0.15, 0.2) is 11.1 Å². The molecule has 2 aromatic rings. The molecular formula is C20H26FN3O3S. The predicted octanol–water partition coefficient (Wildman–Crippen LogP) is 3.74. The van der Waals surface area contributed by atoms with E-state index in [2.05, 4.69) is 9.98 Å². The maximum Gasteiger partial charge on any atom is 0.155 e. The average Bonchev–Trinajstić information content (AvgIpc) is 2.60. The number of benzene rings is 1. The second-order valence-electron chi connectivity index (χ2n) is 7.79. The van der Waals surface area contributed by atoms with Gasteiger partial charge in [0.2, 0.25) is 0 Å². The lowest BCUT2D eigenvalue weighted by Gasteiger charge is -2.29. The predicted molar refractivity (Wildman–Crippen MR) is 110 cm³/mol. The number of aliphatic imine (C=N–C) groups is 1. The Bertz CT molecular complexity index is 912. The molecule has 8 heteroatoms. The number of rotatable bonds is 6. The van der Waals surface area contributed by atoms with E-state index in [-0.39, 0.29) is 17.2 Å². The summed E-state index contributed by atoms with van der Waals surface area (Å²) in [6.45, 7) is 7.22. The largest absolute Gasteiger partial charge is 0.495 e. The Morgan fingerprint density at radius 1 is 1.25 bits per heavy atom. The molecule has 0 spiro atoms. The molecule has 0 saturated heterocycles. The van der Waals surface area contributed by atoms with Gasteiger partial charge in [0.25, 0.3) is 0 Å². The summed E-state index contributed by atoms with van der Waals surface area (Å²) in [5, 5.41) is 0. The molecule has 0 bridgehead atoms. The molecule has 2 rings (SSSR count). The highest BCUT2D eigenvalue weighted by Crippen LogP contribution is 2.34. The molecule has 1 aromatic heterocycles. The van der Waals surface area contributed by atoms with Crippen LogP contribution in [0.25, 0.3) is 11.1 Å². The lowest BCUT2D eigenvalue weighted by atomic mass is 9.89. The molecule has 0 aliphatic carbocycles. The second kappa shape index (κ2) is 8.36. The summed E-state index contributed by atoms with van der Waals surface area (Å²) in [5.41, 5.74) is 5.91. The first-order valence-corrected chi connectivity index (χ1v) is 9.96. The molecule has 1 unspecified atom stereocenters. The number of pyridine rings is 1. The third kappa shape index (κ3) is 5.14. The SMILES string of the molecule is COc1cncc(-c2ccc(F)c([C@](C)(CS(=O)O)N=C(N)C(C)(C)C)c2)c1. The molecule has 0 radical (unpaired) electrons. The summed E-state index contributed by atoms with van der Waals surface area (Å²) in [6, 6.07) is 6.31. The topological polar surface area (TPSA) is 97.8 Å². The van der Waals surface area contributed by atoms with Gasteiger partial charge < -0.3 is 15.0 Å². The zero-order valence-electron chi connectivity index (χ0n) is 16.7. The highest BCUT2D eigenvalue weighted by atomic mass is 32.2. The van der Waals surface area contributed by atoms with Crippen LogP contribution in [0.2, 0.25) is 0 Å². The molecule has 0 fully saturated rings. The third-order valence-electron chi connectivity index (χ3n) is 4.37. The van der Waals surface area contributed by atoms with E-state index < -0.39 is 27.9 Å². The van der Waals surface area contributed by atoms with Gasteiger partial charge in [0.1, 0.15) is 22.9 Å². The number of ether oxygens (including phenoxy) is 1. The molecule has 0 aliphatic rings. The van der Waals surface area contributed by atoms with Crippen LogP contribution in [-0.4, -0.2) is 32.4 Å². The van der Waals surface area contributed by atoms with Crippen LogP contribution < -0.4 is 10.5 Å². The van der Waals surface area contributed by atoms with Crippen molar-refractivity contribution in [3.8, 4) is 16.9 Å². The van der Waals surface area contributed by atoms with E-state index >= 15 is 0 Å². The molecule has 28 heavy (non-hydrogen) atoms. The van der Waals surface area contributed by atoms with E-state index in [0.29, 0.717) is 11.3 Å². The monoisotopic (exact) mass is 407 g/mol. The Morgan fingerprint density at radius 3 is 2.50 bits per heavy atom. The number of halogens is 1. The molecule has 1 aromatic carbocycles. The number of nitrogens with zero attached hydrogens (tertiary/aromatic N) is 2. The zero-order valence-corrected chi connectivity index (χ0v) is 17.5. The van der Waals surface area contributed by atoms with Crippen molar-refractivity contribution < 1.29 is 17.9 Å². The lowest BCUT2D eigenvalue weighted by Crippen LogP contribution is -2.36. The van der Waals surface area contributed by atoms with Gasteiger partial charge in [-0.3, -0.25) is 9.98 Å². The highest BCUT2D eigenvalue weighted by molar-refractivity contribution is 7.79. The van der Waals surface area contributed by atoms with Crippen molar-refractivity contribution in [1.82, 2.24) is 4.98 Å². The zero-order chi connectivity index (χ0) is 21.1. The maximum absolute atomic E-state index is 14.8. The number of hydrogen-bond acceptors (Lipinski definition) is 4.